The van der Waals surface area contributed by atoms with Crippen molar-refractivity contribution in [3.8, 4) is 34.3 Å². The Morgan fingerprint density at radius 2 is 1.68 bits per heavy atom. The first kappa shape index (κ1) is 22.4. The predicted octanol–water partition coefficient (Wildman–Crippen LogP) is 4.76. The van der Waals surface area contributed by atoms with Gasteiger partial charge >= 0.3 is 0 Å². The van der Waals surface area contributed by atoms with Crippen LogP contribution in [-0.2, 0) is 0 Å². The van der Waals surface area contributed by atoms with Crippen molar-refractivity contribution in [3.63, 3.8) is 0 Å². The van der Waals surface area contributed by atoms with Gasteiger partial charge in [-0.2, -0.15) is 0 Å². The average Bonchev–Trinajstić information content (AvgIpc) is 3.22. The maximum absolute atomic E-state index is 11.1. The highest BCUT2D eigenvalue weighted by Gasteiger charge is 2.21. The number of nitrogens with zero attached hydrogens (tertiary/aromatic N) is 4. The number of benzene rings is 2. The molecule has 0 aliphatic rings. The molecule has 1 aromatic heterocycles. The molecule has 0 unspecified atom stereocenters. The van der Waals surface area contributed by atoms with Gasteiger partial charge in [-0.15, -0.1) is 10.2 Å². The van der Waals surface area contributed by atoms with E-state index in [1.807, 2.05) is 4.57 Å². The molecule has 0 aliphatic heterocycles. The summed E-state index contributed by atoms with van der Waals surface area (Å²) in [5.74, 6) is 2.92. The minimum Gasteiger partial charge on any atom is -0.493 e. The van der Waals surface area contributed by atoms with Crippen LogP contribution >= 0.6 is 11.8 Å². The van der Waals surface area contributed by atoms with E-state index in [-0.39, 0.29) is 5.69 Å². The van der Waals surface area contributed by atoms with Crippen molar-refractivity contribution in [1.82, 2.24) is 14.8 Å². The van der Waals surface area contributed by atoms with Gasteiger partial charge in [-0.25, -0.2) is 0 Å². The fourth-order valence-corrected chi connectivity index (χ4v) is 4.06. The lowest BCUT2D eigenvalue weighted by Crippen LogP contribution is -2.02. The molecule has 0 N–H and O–H groups in total. The molecule has 10 heteroatoms. The number of rotatable bonds is 10. The number of non-ortho nitro benzene ring substituents is 1. The zero-order valence-electron chi connectivity index (χ0n) is 17.8. The van der Waals surface area contributed by atoms with Crippen molar-refractivity contribution in [2.75, 3.05) is 27.1 Å². The lowest BCUT2D eigenvalue weighted by molar-refractivity contribution is -0.384. The molecule has 9 nitrogen and oxygen atoms in total. The van der Waals surface area contributed by atoms with Gasteiger partial charge in [0, 0.05) is 23.4 Å². The highest BCUT2D eigenvalue weighted by molar-refractivity contribution is 7.99. The Balaban J connectivity index is 2.15. The zero-order valence-corrected chi connectivity index (χ0v) is 18.6. The van der Waals surface area contributed by atoms with Gasteiger partial charge in [0.2, 0.25) is 5.75 Å². The predicted molar refractivity (Wildman–Crippen MR) is 119 cm³/mol. The minimum absolute atomic E-state index is 0.0198. The highest BCUT2D eigenvalue weighted by atomic mass is 32.2. The van der Waals surface area contributed by atoms with E-state index in [1.54, 1.807) is 57.4 Å². The molecule has 0 saturated carbocycles. The van der Waals surface area contributed by atoms with Crippen LogP contribution in [0.1, 0.15) is 19.8 Å². The van der Waals surface area contributed by atoms with E-state index in [0.717, 1.165) is 24.3 Å². The second-order valence-corrected chi connectivity index (χ2v) is 7.59. The summed E-state index contributed by atoms with van der Waals surface area (Å²) in [5, 5.41) is 20.6. The summed E-state index contributed by atoms with van der Waals surface area (Å²) in [6.45, 7) is 2.13. The van der Waals surface area contributed by atoms with E-state index in [9.17, 15) is 10.1 Å². The van der Waals surface area contributed by atoms with Crippen molar-refractivity contribution >= 4 is 17.4 Å². The van der Waals surface area contributed by atoms with Gasteiger partial charge in [0.15, 0.2) is 22.5 Å². The zero-order chi connectivity index (χ0) is 22.4. The molecule has 2 aromatic carbocycles. The number of unbranched alkanes of at least 4 members (excludes halogenated alkanes) is 1. The first-order valence-corrected chi connectivity index (χ1v) is 10.7. The summed E-state index contributed by atoms with van der Waals surface area (Å²) >= 11 is 1.59. The number of nitro benzene ring substituents is 1. The standard InChI is InChI=1S/C21H24N4O5S/c1-5-6-11-31-21-23-22-20(24(21)15-7-9-16(10-8-15)25(26)27)14-12-17(28-2)19(30-4)18(13-14)29-3/h7-10,12-13H,5-6,11H2,1-4H3. The van der Waals surface area contributed by atoms with Gasteiger partial charge in [0.25, 0.3) is 5.69 Å². The van der Waals surface area contributed by atoms with Gasteiger partial charge in [-0.05, 0) is 30.7 Å². The van der Waals surface area contributed by atoms with E-state index in [4.69, 9.17) is 14.2 Å². The van der Waals surface area contributed by atoms with Gasteiger partial charge in [-0.3, -0.25) is 14.7 Å². The van der Waals surface area contributed by atoms with Crippen molar-refractivity contribution in [1.29, 1.82) is 0 Å². The minimum atomic E-state index is -0.424. The second kappa shape index (κ2) is 10.2. The Morgan fingerprint density at radius 1 is 1.03 bits per heavy atom. The first-order valence-electron chi connectivity index (χ1n) is 9.67. The van der Waals surface area contributed by atoms with E-state index in [0.29, 0.717) is 33.8 Å². The number of methoxy groups -OCH3 is 3. The van der Waals surface area contributed by atoms with Crippen LogP contribution in [0, 0.1) is 10.1 Å². The van der Waals surface area contributed by atoms with Crippen LogP contribution in [0.5, 0.6) is 17.2 Å². The Morgan fingerprint density at radius 3 is 2.19 bits per heavy atom. The molecule has 0 amide bonds. The van der Waals surface area contributed by atoms with Gasteiger partial charge in [0.1, 0.15) is 0 Å². The molecule has 0 saturated heterocycles. The fourth-order valence-electron chi connectivity index (χ4n) is 3.02. The third-order valence-corrected chi connectivity index (χ3v) is 5.62. The van der Waals surface area contributed by atoms with Crippen LogP contribution in [0.2, 0.25) is 0 Å². The number of hydrogen-bond donors (Lipinski definition) is 0. The molecule has 0 aliphatic carbocycles. The van der Waals surface area contributed by atoms with Crippen molar-refractivity contribution < 1.29 is 19.1 Å². The SMILES string of the molecule is CCCCSc1nnc(-c2cc(OC)c(OC)c(OC)c2)n1-c1ccc([N+](=O)[O-])cc1. The van der Waals surface area contributed by atoms with E-state index in [1.165, 1.54) is 12.1 Å². The van der Waals surface area contributed by atoms with Crippen molar-refractivity contribution in [2.45, 2.75) is 24.9 Å². The smallest absolute Gasteiger partial charge is 0.269 e. The summed E-state index contributed by atoms with van der Waals surface area (Å²) < 4.78 is 18.2. The Bertz CT molecular complexity index is 1030. The summed E-state index contributed by atoms with van der Waals surface area (Å²) in [5.41, 5.74) is 1.45. The van der Waals surface area contributed by atoms with E-state index in [2.05, 4.69) is 17.1 Å². The monoisotopic (exact) mass is 444 g/mol. The van der Waals surface area contributed by atoms with Crippen LogP contribution in [0.25, 0.3) is 17.1 Å². The third-order valence-electron chi connectivity index (χ3n) is 4.60. The lowest BCUT2D eigenvalue weighted by Gasteiger charge is -2.15. The topological polar surface area (TPSA) is 102 Å². The largest absolute Gasteiger partial charge is 0.493 e. The van der Waals surface area contributed by atoms with Crippen LogP contribution in [0.4, 0.5) is 5.69 Å². The number of aromatic nitrogens is 3. The molecule has 0 spiro atoms. The second-order valence-electron chi connectivity index (χ2n) is 6.53. The molecule has 31 heavy (non-hydrogen) atoms. The van der Waals surface area contributed by atoms with Gasteiger partial charge in [0.05, 0.1) is 31.9 Å². The van der Waals surface area contributed by atoms with Gasteiger partial charge < -0.3 is 14.2 Å². The molecule has 3 rings (SSSR count). The summed E-state index contributed by atoms with van der Waals surface area (Å²) in [6.07, 6.45) is 2.11. The van der Waals surface area contributed by atoms with Crippen LogP contribution in [0.15, 0.2) is 41.6 Å². The molecular weight excluding hydrogens is 420 g/mol. The quantitative estimate of drug-likeness (QED) is 0.191. The fraction of sp³-hybridized carbons (Fsp3) is 0.333. The van der Waals surface area contributed by atoms with Crippen molar-refractivity contribution in [3.05, 3.63) is 46.5 Å². The average molecular weight is 445 g/mol. The Hall–Kier alpha value is -3.27. The van der Waals surface area contributed by atoms with E-state index >= 15 is 0 Å². The Kier molecular flexibility index (Phi) is 7.35. The molecule has 1 heterocycles. The molecule has 0 fully saturated rings. The number of thioether (sulfide) groups is 1. The molecule has 0 atom stereocenters. The lowest BCUT2D eigenvalue weighted by atomic mass is 10.1. The number of hydrogen-bond acceptors (Lipinski definition) is 8. The number of ether oxygens (including phenoxy) is 3. The normalized spacial score (nSPS) is 10.7. The Labute approximate surface area is 184 Å². The van der Waals surface area contributed by atoms with Crippen LogP contribution in [0.3, 0.4) is 0 Å². The highest BCUT2D eigenvalue weighted by Crippen LogP contribution is 2.41. The molecule has 164 valence electrons. The summed E-state index contributed by atoms with van der Waals surface area (Å²) in [7, 11) is 4.64. The maximum Gasteiger partial charge on any atom is 0.269 e. The van der Waals surface area contributed by atoms with Gasteiger partial charge in [-0.1, -0.05) is 25.1 Å². The molecule has 0 bridgehead atoms. The van der Waals surface area contributed by atoms with E-state index < -0.39 is 4.92 Å². The third kappa shape index (κ3) is 4.74. The molecule has 3 aromatic rings. The molecule has 0 radical (unpaired) electrons. The first-order chi connectivity index (χ1) is 15.0. The van der Waals surface area contributed by atoms with Crippen LogP contribution in [-0.4, -0.2) is 46.8 Å². The summed E-state index contributed by atoms with van der Waals surface area (Å²) in [4.78, 5) is 10.6. The van der Waals surface area contributed by atoms with Crippen LogP contribution < -0.4 is 14.2 Å². The van der Waals surface area contributed by atoms with Crippen molar-refractivity contribution in [2.24, 2.45) is 0 Å². The maximum atomic E-state index is 11.1. The number of nitro groups is 1. The molecular formula is C21H24N4O5S. The summed E-state index contributed by atoms with van der Waals surface area (Å²) in [6, 6.07) is 9.91.